The van der Waals surface area contributed by atoms with Crippen molar-refractivity contribution in [2.45, 2.75) is 103 Å². The summed E-state index contributed by atoms with van der Waals surface area (Å²) in [7, 11) is 0. The summed E-state index contributed by atoms with van der Waals surface area (Å²) in [5.74, 6) is -0.506. The lowest BCUT2D eigenvalue weighted by atomic mass is 10.1. The highest BCUT2D eigenvalue weighted by molar-refractivity contribution is 5.74. The number of esters is 1. The van der Waals surface area contributed by atoms with Crippen molar-refractivity contribution in [2.75, 3.05) is 6.61 Å². The average molecular weight is 343 g/mol. The Morgan fingerprint density at radius 3 is 2.29 bits per heavy atom. The predicted molar refractivity (Wildman–Crippen MR) is 98.9 cm³/mol. The molecule has 0 spiro atoms. The summed E-state index contributed by atoms with van der Waals surface area (Å²) in [5, 5.41) is 19.4. The molecule has 0 saturated carbocycles. The molecule has 0 radical (unpaired) electrons. The molecule has 0 aromatic rings. The Labute approximate surface area is 148 Å². The summed E-state index contributed by atoms with van der Waals surface area (Å²) >= 11 is 0. The van der Waals surface area contributed by atoms with Gasteiger partial charge in [0.05, 0.1) is 12.7 Å². The van der Waals surface area contributed by atoms with E-state index in [4.69, 9.17) is 4.74 Å². The fourth-order valence-electron chi connectivity index (χ4n) is 2.61. The van der Waals surface area contributed by atoms with E-state index in [9.17, 15) is 15.0 Å². The van der Waals surface area contributed by atoms with Gasteiger partial charge in [-0.3, -0.25) is 0 Å². The van der Waals surface area contributed by atoms with Crippen LogP contribution < -0.4 is 0 Å². The third-order valence-electron chi connectivity index (χ3n) is 4.12. The van der Waals surface area contributed by atoms with E-state index in [2.05, 4.69) is 19.1 Å². The van der Waals surface area contributed by atoms with Crippen molar-refractivity contribution in [3.05, 3.63) is 12.2 Å². The Kier molecular flexibility index (Phi) is 16.4. The van der Waals surface area contributed by atoms with Crippen LogP contribution in [0.15, 0.2) is 12.2 Å². The summed E-state index contributed by atoms with van der Waals surface area (Å²) in [6.07, 6.45) is 15.2. The van der Waals surface area contributed by atoms with E-state index < -0.39 is 12.1 Å². The van der Waals surface area contributed by atoms with Crippen LogP contribution in [0.25, 0.3) is 0 Å². The van der Waals surface area contributed by atoms with E-state index in [-0.39, 0.29) is 6.10 Å². The molecule has 0 aromatic carbocycles. The van der Waals surface area contributed by atoms with E-state index in [0.717, 1.165) is 51.4 Å². The van der Waals surface area contributed by atoms with Gasteiger partial charge < -0.3 is 14.9 Å². The highest BCUT2D eigenvalue weighted by atomic mass is 16.5. The number of rotatable bonds is 16. The lowest BCUT2D eigenvalue weighted by Gasteiger charge is -2.08. The molecule has 24 heavy (non-hydrogen) atoms. The quantitative estimate of drug-likeness (QED) is 0.246. The maximum absolute atomic E-state index is 11.2. The Hall–Kier alpha value is -0.870. The fourth-order valence-corrected chi connectivity index (χ4v) is 2.61. The predicted octanol–water partition coefficient (Wildman–Crippen LogP) is 4.53. The van der Waals surface area contributed by atoms with Crippen LogP contribution in [-0.2, 0) is 9.53 Å². The van der Waals surface area contributed by atoms with E-state index in [1.807, 2.05) is 0 Å². The lowest BCUT2D eigenvalue weighted by molar-refractivity contribution is -0.153. The van der Waals surface area contributed by atoms with Crippen molar-refractivity contribution in [3.8, 4) is 0 Å². The number of aliphatic hydroxyl groups excluding tert-OH is 2. The van der Waals surface area contributed by atoms with Gasteiger partial charge in [-0.15, -0.1) is 0 Å². The van der Waals surface area contributed by atoms with Crippen LogP contribution in [0, 0.1) is 0 Å². The minimum absolute atomic E-state index is 0.192. The fraction of sp³-hybridized carbons (Fsp3) is 0.850. The minimum Gasteiger partial charge on any atom is -0.464 e. The summed E-state index contributed by atoms with van der Waals surface area (Å²) in [5.41, 5.74) is 0. The Balaban J connectivity index is 3.41. The second-order valence-electron chi connectivity index (χ2n) is 6.47. The molecule has 0 rings (SSSR count). The van der Waals surface area contributed by atoms with Gasteiger partial charge in [-0.25, -0.2) is 4.79 Å². The first-order valence-electron chi connectivity index (χ1n) is 9.79. The maximum Gasteiger partial charge on any atom is 0.334 e. The topological polar surface area (TPSA) is 66.8 Å². The molecular formula is C20H38O4. The molecule has 0 aromatic heterocycles. The summed E-state index contributed by atoms with van der Waals surface area (Å²) in [4.78, 5) is 11.2. The normalized spacial score (nSPS) is 14.0. The smallest absolute Gasteiger partial charge is 0.334 e. The van der Waals surface area contributed by atoms with Gasteiger partial charge in [0, 0.05) is 0 Å². The molecule has 0 aliphatic carbocycles. The number of unbranched alkanes of at least 4 members (excludes halogenated alkanes) is 7. The third kappa shape index (κ3) is 14.7. The molecule has 0 saturated heterocycles. The molecule has 0 fully saturated rings. The second kappa shape index (κ2) is 17.0. The highest BCUT2D eigenvalue weighted by Gasteiger charge is 2.14. The van der Waals surface area contributed by atoms with Crippen LogP contribution in [0.4, 0.5) is 0 Å². The number of allylic oxidation sites excluding steroid dienone is 1. The van der Waals surface area contributed by atoms with E-state index in [0.29, 0.717) is 13.0 Å². The molecule has 0 aliphatic heterocycles. The zero-order valence-electron chi connectivity index (χ0n) is 15.7. The number of carbonyl (C=O) groups excluding carboxylic acids is 1. The van der Waals surface area contributed by atoms with Crippen molar-refractivity contribution < 1.29 is 19.7 Å². The van der Waals surface area contributed by atoms with Crippen molar-refractivity contribution >= 4 is 5.97 Å². The summed E-state index contributed by atoms with van der Waals surface area (Å²) < 4.78 is 4.76. The van der Waals surface area contributed by atoms with E-state index >= 15 is 0 Å². The standard InChI is InChI=1S/C20H38O4/c1-3-5-6-12-15-18(21)16-13-10-8-7-9-11-14-17-19(22)20(23)24-4-2/h10,13,18-19,21-22H,3-9,11-12,14-17H2,1-2H3/b13-10-. The van der Waals surface area contributed by atoms with Gasteiger partial charge in [-0.1, -0.05) is 64.0 Å². The average Bonchev–Trinajstić information content (AvgIpc) is 2.57. The maximum atomic E-state index is 11.2. The van der Waals surface area contributed by atoms with Gasteiger partial charge in [0.1, 0.15) is 0 Å². The SMILES string of the molecule is CCCCCCC(O)C/C=C\CCCCCCC(O)C(=O)OCC. The highest BCUT2D eigenvalue weighted by Crippen LogP contribution is 2.11. The van der Waals surface area contributed by atoms with Gasteiger partial charge in [0.2, 0.25) is 0 Å². The summed E-state index contributed by atoms with van der Waals surface area (Å²) in [6.45, 7) is 4.25. The molecule has 4 nitrogen and oxygen atoms in total. The van der Waals surface area contributed by atoms with Gasteiger partial charge >= 0.3 is 5.97 Å². The Bertz CT molecular complexity index is 315. The Morgan fingerprint density at radius 1 is 0.917 bits per heavy atom. The molecule has 4 heteroatoms. The Morgan fingerprint density at radius 2 is 1.58 bits per heavy atom. The van der Waals surface area contributed by atoms with Crippen LogP contribution in [0.3, 0.4) is 0 Å². The van der Waals surface area contributed by atoms with Gasteiger partial charge in [-0.05, 0) is 39.0 Å². The molecule has 0 bridgehead atoms. The largest absolute Gasteiger partial charge is 0.464 e. The molecular weight excluding hydrogens is 304 g/mol. The van der Waals surface area contributed by atoms with Crippen molar-refractivity contribution in [2.24, 2.45) is 0 Å². The van der Waals surface area contributed by atoms with Gasteiger partial charge in [-0.2, -0.15) is 0 Å². The number of hydrogen-bond donors (Lipinski definition) is 2. The van der Waals surface area contributed by atoms with E-state index in [1.165, 1.54) is 19.3 Å². The molecule has 142 valence electrons. The number of carbonyl (C=O) groups is 1. The lowest BCUT2D eigenvalue weighted by Crippen LogP contribution is -2.22. The van der Waals surface area contributed by atoms with Crippen LogP contribution in [-0.4, -0.2) is 35.0 Å². The third-order valence-corrected chi connectivity index (χ3v) is 4.12. The number of ether oxygens (including phenoxy) is 1. The molecule has 0 aliphatic rings. The zero-order chi connectivity index (χ0) is 18.0. The zero-order valence-corrected chi connectivity index (χ0v) is 15.7. The van der Waals surface area contributed by atoms with Crippen molar-refractivity contribution in [1.29, 1.82) is 0 Å². The van der Waals surface area contributed by atoms with Gasteiger partial charge in [0.15, 0.2) is 6.10 Å². The molecule has 2 unspecified atom stereocenters. The first-order valence-corrected chi connectivity index (χ1v) is 9.79. The second-order valence-corrected chi connectivity index (χ2v) is 6.47. The molecule has 0 amide bonds. The first kappa shape index (κ1) is 23.1. The minimum atomic E-state index is -0.969. The molecule has 2 atom stereocenters. The van der Waals surface area contributed by atoms with Crippen LogP contribution in [0.2, 0.25) is 0 Å². The number of hydrogen-bond acceptors (Lipinski definition) is 4. The van der Waals surface area contributed by atoms with E-state index in [1.54, 1.807) is 6.92 Å². The van der Waals surface area contributed by atoms with Crippen molar-refractivity contribution in [1.82, 2.24) is 0 Å². The number of aliphatic hydroxyl groups is 2. The van der Waals surface area contributed by atoms with Crippen LogP contribution in [0.1, 0.15) is 90.9 Å². The molecule has 0 heterocycles. The first-order chi connectivity index (χ1) is 11.6. The summed E-state index contributed by atoms with van der Waals surface area (Å²) in [6, 6.07) is 0. The molecule has 2 N–H and O–H groups in total. The van der Waals surface area contributed by atoms with Gasteiger partial charge in [0.25, 0.3) is 0 Å². The van der Waals surface area contributed by atoms with Crippen molar-refractivity contribution in [3.63, 3.8) is 0 Å². The monoisotopic (exact) mass is 342 g/mol. The van der Waals surface area contributed by atoms with Crippen LogP contribution in [0.5, 0.6) is 0 Å². The van der Waals surface area contributed by atoms with Crippen LogP contribution >= 0.6 is 0 Å².